The molecule has 0 heterocycles. The van der Waals surface area contributed by atoms with E-state index < -0.39 is 30.9 Å². The Hall–Kier alpha value is -1.37. The molecule has 0 aromatic heterocycles. The maximum absolute atomic E-state index is 11.5. The van der Waals surface area contributed by atoms with Crippen LogP contribution in [0.4, 0.5) is 0 Å². The fraction of sp³-hybridized carbons (Fsp3) is 0.556. The van der Waals surface area contributed by atoms with E-state index >= 15 is 0 Å². The SMILES string of the molecule is COC(=O)C=C(OP(=O)(O)O)C(C)(C)C(=O)OC. The molecule has 0 aliphatic rings. The Kier molecular flexibility index (Phi) is 5.54. The number of rotatable bonds is 5. The number of carbonyl (C=O) groups is 2. The van der Waals surface area contributed by atoms with Gasteiger partial charge >= 0.3 is 19.8 Å². The molecule has 0 unspecified atom stereocenters. The average Bonchev–Trinajstić information content (AvgIpc) is 2.24. The van der Waals surface area contributed by atoms with Crippen molar-refractivity contribution in [3.63, 3.8) is 0 Å². The van der Waals surface area contributed by atoms with Gasteiger partial charge in [0.2, 0.25) is 0 Å². The molecule has 0 fully saturated rings. The molecule has 8 nitrogen and oxygen atoms in total. The van der Waals surface area contributed by atoms with E-state index in [1.54, 1.807) is 0 Å². The second-order valence-electron chi connectivity index (χ2n) is 3.73. The normalized spacial score (nSPS) is 12.9. The van der Waals surface area contributed by atoms with Gasteiger partial charge in [0.1, 0.15) is 11.2 Å². The second kappa shape index (κ2) is 5.99. The van der Waals surface area contributed by atoms with Crippen molar-refractivity contribution in [2.45, 2.75) is 13.8 Å². The summed E-state index contributed by atoms with van der Waals surface area (Å²) in [6, 6.07) is 0. The van der Waals surface area contributed by atoms with Gasteiger partial charge in [0.15, 0.2) is 0 Å². The van der Waals surface area contributed by atoms with Gasteiger partial charge in [-0.25, -0.2) is 9.36 Å². The number of methoxy groups -OCH3 is 2. The number of carbonyl (C=O) groups excluding carboxylic acids is 2. The summed E-state index contributed by atoms with van der Waals surface area (Å²) >= 11 is 0. The first-order chi connectivity index (χ1) is 8.04. The Morgan fingerprint density at radius 2 is 1.67 bits per heavy atom. The Labute approximate surface area is 104 Å². The van der Waals surface area contributed by atoms with Crippen LogP contribution < -0.4 is 0 Å². The van der Waals surface area contributed by atoms with E-state index in [1.165, 1.54) is 13.8 Å². The van der Waals surface area contributed by atoms with E-state index in [0.29, 0.717) is 6.08 Å². The maximum atomic E-state index is 11.5. The molecule has 0 amide bonds. The molecule has 0 saturated carbocycles. The lowest BCUT2D eigenvalue weighted by Crippen LogP contribution is -2.29. The third-order valence-electron chi connectivity index (χ3n) is 1.98. The molecule has 18 heavy (non-hydrogen) atoms. The van der Waals surface area contributed by atoms with Gasteiger partial charge in [0.25, 0.3) is 0 Å². The molecule has 104 valence electrons. The molecule has 0 rings (SSSR count). The summed E-state index contributed by atoms with van der Waals surface area (Å²) in [4.78, 5) is 40.0. The Balaban J connectivity index is 5.48. The summed E-state index contributed by atoms with van der Waals surface area (Å²) in [6.45, 7) is 2.56. The third kappa shape index (κ3) is 4.87. The highest BCUT2D eigenvalue weighted by atomic mass is 31.2. The third-order valence-corrected chi connectivity index (χ3v) is 2.41. The van der Waals surface area contributed by atoms with Crippen molar-refractivity contribution in [1.29, 1.82) is 0 Å². The van der Waals surface area contributed by atoms with E-state index in [2.05, 4.69) is 14.0 Å². The summed E-state index contributed by atoms with van der Waals surface area (Å²) in [5, 5.41) is 0. The van der Waals surface area contributed by atoms with Gasteiger partial charge in [-0.2, -0.15) is 0 Å². The van der Waals surface area contributed by atoms with Crippen LogP contribution in [0.3, 0.4) is 0 Å². The van der Waals surface area contributed by atoms with Crippen LogP contribution in [0.1, 0.15) is 13.8 Å². The zero-order chi connectivity index (χ0) is 14.6. The average molecular weight is 282 g/mol. The number of phosphoric ester groups is 1. The van der Waals surface area contributed by atoms with Crippen LogP contribution in [0.5, 0.6) is 0 Å². The molecule has 0 radical (unpaired) electrons. The molecule has 0 saturated heterocycles. The molecule has 0 aliphatic carbocycles. The van der Waals surface area contributed by atoms with Crippen LogP contribution in [0.25, 0.3) is 0 Å². The van der Waals surface area contributed by atoms with Crippen LogP contribution >= 0.6 is 7.82 Å². The zero-order valence-electron chi connectivity index (χ0n) is 10.4. The zero-order valence-corrected chi connectivity index (χ0v) is 11.3. The number of hydrogen-bond donors (Lipinski definition) is 2. The lowest BCUT2D eigenvalue weighted by Gasteiger charge is -2.24. The van der Waals surface area contributed by atoms with E-state index in [4.69, 9.17) is 9.79 Å². The molecule has 9 heteroatoms. The summed E-state index contributed by atoms with van der Waals surface area (Å²) in [6.07, 6.45) is 0.677. The van der Waals surface area contributed by atoms with Crippen LogP contribution in [-0.2, 0) is 28.2 Å². The van der Waals surface area contributed by atoms with Crippen molar-refractivity contribution < 1.29 is 37.9 Å². The highest BCUT2D eigenvalue weighted by molar-refractivity contribution is 7.46. The minimum Gasteiger partial charge on any atom is -0.468 e. The minimum absolute atomic E-state index is 0.547. The summed E-state index contributed by atoms with van der Waals surface area (Å²) < 4.78 is 23.9. The number of esters is 2. The van der Waals surface area contributed by atoms with Crippen molar-refractivity contribution in [2.24, 2.45) is 5.41 Å². The van der Waals surface area contributed by atoms with E-state index in [9.17, 15) is 14.2 Å². The first kappa shape index (κ1) is 16.6. The highest BCUT2D eigenvalue weighted by Gasteiger charge is 2.39. The van der Waals surface area contributed by atoms with Gasteiger partial charge in [-0.3, -0.25) is 14.6 Å². The molecule has 0 aliphatic heterocycles. The summed E-state index contributed by atoms with van der Waals surface area (Å²) in [7, 11) is -2.76. The monoisotopic (exact) mass is 282 g/mol. The van der Waals surface area contributed by atoms with Crippen molar-refractivity contribution in [2.75, 3.05) is 14.2 Å². The van der Waals surface area contributed by atoms with Crippen LogP contribution in [-0.4, -0.2) is 35.9 Å². The van der Waals surface area contributed by atoms with Gasteiger partial charge < -0.3 is 14.0 Å². The Morgan fingerprint density at radius 1 is 1.17 bits per heavy atom. The minimum atomic E-state index is -4.92. The summed E-state index contributed by atoms with van der Waals surface area (Å²) in [5.74, 6) is -2.30. The summed E-state index contributed by atoms with van der Waals surface area (Å²) in [5.41, 5.74) is -1.55. The molecule has 0 aromatic rings. The fourth-order valence-electron chi connectivity index (χ4n) is 0.971. The van der Waals surface area contributed by atoms with Crippen molar-refractivity contribution >= 4 is 19.8 Å². The number of phosphoric acid groups is 1. The first-order valence-electron chi connectivity index (χ1n) is 4.68. The lowest BCUT2D eigenvalue weighted by atomic mass is 9.91. The predicted molar refractivity (Wildman–Crippen MR) is 59.0 cm³/mol. The molecule has 0 bridgehead atoms. The fourth-order valence-corrected chi connectivity index (χ4v) is 1.51. The standard InChI is InChI=1S/C9H15O8P/c1-9(2,8(11)16-4)6(5-7(10)15-3)17-18(12,13)14/h5H,1-4H3,(H2,12,13,14). The quantitative estimate of drug-likeness (QED) is 0.321. The predicted octanol–water partition coefficient (Wildman–Crippen LogP) is 0.352. The van der Waals surface area contributed by atoms with E-state index in [0.717, 1.165) is 14.2 Å². The number of ether oxygens (including phenoxy) is 2. The first-order valence-corrected chi connectivity index (χ1v) is 6.21. The van der Waals surface area contributed by atoms with Gasteiger partial charge in [-0.1, -0.05) is 0 Å². The van der Waals surface area contributed by atoms with E-state index in [-0.39, 0.29) is 0 Å². The van der Waals surface area contributed by atoms with E-state index in [1.807, 2.05) is 0 Å². The van der Waals surface area contributed by atoms with Crippen LogP contribution in [0.2, 0.25) is 0 Å². The molecular formula is C9H15O8P. The lowest BCUT2D eigenvalue weighted by molar-refractivity contribution is -0.149. The van der Waals surface area contributed by atoms with Crippen LogP contribution in [0.15, 0.2) is 11.8 Å². The highest BCUT2D eigenvalue weighted by Crippen LogP contribution is 2.44. The smallest absolute Gasteiger partial charge is 0.468 e. The van der Waals surface area contributed by atoms with Crippen LogP contribution in [0, 0.1) is 5.41 Å². The van der Waals surface area contributed by atoms with Crippen molar-refractivity contribution in [3.05, 3.63) is 11.8 Å². The Bertz CT molecular complexity index is 405. The molecular weight excluding hydrogens is 267 g/mol. The topological polar surface area (TPSA) is 119 Å². The molecule has 2 N–H and O–H groups in total. The van der Waals surface area contributed by atoms with Gasteiger partial charge in [0, 0.05) is 0 Å². The maximum Gasteiger partial charge on any atom is 0.524 e. The largest absolute Gasteiger partial charge is 0.524 e. The van der Waals surface area contributed by atoms with Crippen molar-refractivity contribution in [1.82, 2.24) is 0 Å². The second-order valence-corrected chi connectivity index (χ2v) is 4.89. The van der Waals surface area contributed by atoms with Gasteiger partial charge in [0.05, 0.1) is 20.3 Å². The molecule has 0 atom stereocenters. The molecule has 0 aromatic carbocycles. The Morgan fingerprint density at radius 3 is 2.00 bits per heavy atom. The molecule has 0 spiro atoms. The van der Waals surface area contributed by atoms with Gasteiger partial charge in [-0.05, 0) is 13.8 Å². The van der Waals surface area contributed by atoms with Crippen molar-refractivity contribution in [3.8, 4) is 0 Å². The number of hydrogen-bond acceptors (Lipinski definition) is 6. The van der Waals surface area contributed by atoms with Gasteiger partial charge in [-0.15, -0.1) is 0 Å².